The van der Waals surface area contributed by atoms with E-state index < -0.39 is 0 Å². The number of hydrogen-bond donors (Lipinski definition) is 0. The number of benzene rings is 1. The second kappa shape index (κ2) is 15.4. The van der Waals surface area contributed by atoms with Gasteiger partial charge in [0.05, 0.1) is 6.26 Å². The van der Waals surface area contributed by atoms with Gasteiger partial charge in [-0.25, -0.2) is 4.79 Å². The standard InChI is InChI=1S/C24H36O2/c1-3-4-5-6-7-8-9-10-11-12-14-17-22(2)24(25)26-21-20-23-18-15-13-16-19-23/h13,15-21H,3-12,14H2,1-2H3. The summed E-state index contributed by atoms with van der Waals surface area (Å²) in [6.45, 7) is 4.09. The van der Waals surface area contributed by atoms with E-state index in [2.05, 4.69) is 6.92 Å². The van der Waals surface area contributed by atoms with Gasteiger partial charge in [0.2, 0.25) is 0 Å². The Balaban J connectivity index is 2.04. The Labute approximate surface area is 160 Å². The van der Waals surface area contributed by atoms with Gasteiger partial charge in [0, 0.05) is 5.57 Å². The topological polar surface area (TPSA) is 26.3 Å². The number of allylic oxidation sites excluding steroid dienone is 1. The molecule has 0 amide bonds. The fourth-order valence-electron chi connectivity index (χ4n) is 2.87. The number of unbranched alkanes of at least 4 members (excludes halogenated alkanes) is 10. The predicted molar refractivity (Wildman–Crippen MR) is 112 cm³/mol. The van der Waals surface area contributed by atoms with E-state index in [-0.39, 0.29) is 5.97 Å². The van der Waals surface area contributed by atoms with Gasteiger partial charge >= 0.3 is 5.97 Å². The summed E-state index contributed by atoms with van der Waals surface area (Å²) in [6.07, 6.45) is 19.6. The minimum Gasteiger partial charge on any atom is -0.431 e. The van der Waals surface area contributed by atoms with Gasteiger partial charge in [-0.2, -0.15) is 0 Å². The summed E-state index contributed by atoms with van der Waals surface area (Å²) in [6, 6.07) is 9.82. The smallest absolute Gasteiger partial charge is 0.338 e. The summed E-state index contributed by atoms with van der Waals surface area (Å²) in [5, 5.41) is 0. The van der Waals surface area contributed by atoms with E-state index in [1.54, 1.807) is 6.08 Å². The van der Waals surface area contributed by atoms with Crippen molar-refractivity contribution in [3.05, 3.63) is 53.8 Å². The molecule has 0 bridgehead atoms. The first-order chi connectivity index (χ1) is 12.7. The van der Waals surface area contributed by atoms with Crippen LogP contribution in [-0.4, -0.2) is 5.97 Å². The van der Waals surface area contributed by atoms with Crippen LogP contribution in [0, 0.1) is 0 Å². The highest BCUT2D eigenvalue weighted by Crippen LogP contribution is 2.12. The monoisotopic (exact) mass is 356 g/mol. The minimum absolute atomic E-state index is 0.260. The molecule has 0 aliphatic carbocycles. The molecule has 0 fully saturated rings. The summed E-state index contributed by atoms with van der Waals surface area (Å²) < 4.78 is 5.17. The van der Waals surface area contributed by atoms with E-state index in [1.165, 1.54) is 64.0 Å². The Bertz CT molecular complexity index is 528. The van der Waals surface area contributed by atoms with Crippen LogP contribution in [0.3, 0.4) is 0 Å². The van der Waals surface area contributed by atoms with Crippen molar-refractivity contribution in [1.82, 2.24) is 0 Å². The molecule has 0 unspecified atom stereocenters. The van der Waals surface area contributed by atoms with Crippen molar-refractivity contribution in [3.8, 4) is 0 Å². The lowest BCUT2D eigenvalue weighted by Crippen LogP contribution is -2.00. The summed E-state index contributed by atoms with van der Waals surface area (Å²) in [7, 11) is 0. The lowest BCUT2D eigenvalue weighted by Gasteiger charge is -2.02. The molecule has 0 saturated heterocycles. The number of ether oxygens (including phenoxy) is 1. The van der Waals surface area contributed by atoms with Crippen LogP contribution in [0.5, 0.6) is 0 Å². The lowest BCUT2D eigenvalue weighted by molar-refractivity contribution is -0.133. The second-order valence-corrected chi connectivity index (χ2v) is 6.98. The fourth-order valence-corrected chi connectivity index (χ4v) is 2.87. The molecule has 0 radical (unpaired) electrons. The third kappa shape index (κ3) is 11.7. The SMILES string of the molecule is CCCCCCCCCCCCC=C(C)C(=O)OC=Cc1ccccc1. The summed E-state index contributed by atoms with van der Waals surface area (Å²) >= 11 is 0. The maximum atomic E-state index is 11.9. The molecule has 0 spiro atoms. The van der Waals surface area contributed by atoms with E-state index >= 15 is 0 Å². The molecule has 0 aliphatic heterocycles. The van der Waals surface area contributed by atoms with Crippen molar-refractivity contribution >= 4 is 12.0 Å². The van der Waals surface area contributed by atoms with Crippen molar-refractivity contribution in [2.75, 3.05) is 0 Å². The van der Waals surface area contributed by atoms with Crippen molar-refractivity contribution in [2.45, 2.75) is 84.5 Å². The van der Waals surface area contributed by atoms with Crippen LogP contribution in [0.2, 0.25) is 0 Å². The normalized spacial score (nSPS) is 11.8. The maximum absolute atomic E-state index is 11.9. The van der Waals surface area contributed by atoms with Gasteiger partial charge in [-0.15, -0.1) is 0 Å². The molecule has 1 aromatic rings. The summed E-state index contributed by atoms with van der Waals surface area (Å²) in [5.41, 5.74) is 1.71. The second-order valence-electron chi connectivity index (χ2n) is 6.98. The summed E-state index contributed by atoms with van der Waals surface area (Å²) in [5.74, 6) is -0.260. The molecule has 144 valence electrons. The summed E-state index contributed by atoms with van der Waals surface area (Å²) in [4.78, 5) is 11.9. The van der Waals surface area contributed by atoms with Crippen LogP contribution in [0.4, 0.5) is 0 Å². The number of esters is 1. The van der Waals surface area contributed by atoms with E-state index in [0.29, 0.717) is 5.57 Å². The zero-order valence-corrected chi connectivity index (χ0v) is 16.7. The van der Waals surface area contributed by atoms with Crippen LogP contribution >= 0.6 is 0 Å². The molecule has 1 rings (SSSR count). The van der Waals surface area contributed by atoms with Crippen molar-refractivity contribution in [2.24, 2.45) is 0 Å². The van der Waals surface area contributed by atoms with Crippen LogP contribution < -0.4 is 0 Å². The molecule has 0 aliphatic rings. The number of carbonyl (C=O) groups excluding carboxylic acids is 1. The van der Waals surface area contributed by atoms with E-state index in [4.69, 9.17) is 4.74 Å². The Morgan fingerprint density at radius 2 is 1.46 bits per heavy atom. The van der Waals surface area contributed by atoms with Gasteiger partial charge < -0.3 is 4.74 Å². The molecule has 0 N–H and O–H groups in total. The third-order valence-electron chi connectivity index (χ3n) is 4.57. The maximum Gasteiger partial charge on any atom is 0.338 e. The van der Waals surface area contributed by atoms with Crippen LogP contribution in [0.25, 0.3) is 6.08 Å². The Kier molecular flexibility index (Phi) is 13.2. The van der Waals surface area contributed by atoms with Crippen LogP contribution in [-0.2, 0) is 9.53 Å². The third-order valence-corrected chi connectivity index (χ3v) is 4.57. The lowest BCUT2D eigenvalue weighted by atomic mass is 10.1. The Hall–Kier alpha value is -1.83. The molecular formula is C24H36O2. The molecule has 1 aromatic carbocycles. The zero-order valence-electron chi connectivity index (χ0n) is 16.7. The highest BCUT2D eigenvalue weighted by molar-refractivity contribution is 5.88. The molecule has 2 heteroatoms. The molecule has 2 nitrogen and oxygen atoms in total. The molecular weight excluding hydrogens is 320 g/mol. The first-order valence-corrected chi connectivity index (χ1v) is 10.3. The Morgan fingerprint density at radius 1 is 0.885 bits per heavy atom. The van der Waals surface area contributed by atoms with Gasteiger partial charge in [-0.1, -0.05) is 101 Å². The Morgan fingerprint density at radius 3 is 2.08 bits per heavy atom. The molecule has 0 saturated carbocycles. The number of rotatable bonds is 14. The van der Waals surface area contributed by atoms with Crippen molar-refractivity contribution in [3.63, 3.8) is 0 Å². The largest absolute Gasteiger partial charge is 0.431 e. The average molecular weight is 357 g/mol. The van der Waals surface area contributed by atoms with Gasteiger partial charge in [0.1, 0.15) is 0 Å². The van der Waals surface area contributed by atoms with Gasteiger partial charge in [-0.3, -0.25) is 0 Å². The molecule has 0 aromatic heterocycles. The highest BCUT2D eigenvalue weighted by Gasteiger charge is 2.03. The van der Waals surface area contributed by atoms with Crippen LogP contribution in [0.1, 0.15) is 90.0 Å². The zero-order chi connectivity index (χ0) is 18.9. The van der Waals surface area contributed by atoms with Crippen molar-refractivity contribution in [1.29, 1.82) is 0 Å². The van der Waals surface area contributed by atoms with Crippen LogP contribution in [0.15, 0.2) is 48.2 Å². The van der Waals surface area contributed by atoms with Gasteiger partial charge in [0.25, 0.3) is 0 Å². The fraction of sp³-hybridized carbons (Fsp3) is 0.542. The number of carbonyl (C=O) groups is 1. The predicted octanol–water partition coefficient (Wildman–Crippen LogP) is 7.46. The van der Waals surface area contributed by atoms with Gasteiger partial charge in [0.15, 0.2) is 0 Å². The van der Waals surface area contributed by atoms with Gasteiger partial charge in [-0.05, 0) is 31.4 Å². The van der Waals surface area contributed by atoms with E-state index in [9.17, 15) is 4.79 Å². The molecule has 0 atom stereocenters. The van der Waals surface area contributed by atoms with E-state index in [1.807, 2.05) is 43.3 Å². The first-order valence-electron chi connectivity index (χ1n) is 10.3. The quantitative estimate of drug-likeness (QED) is 0.150. The molecule has 26 heavy (non-hydrogen) atoms. The average Bonchev–Trinajstić information content (AvgIpc) is 2.66. The number of hydrogen-bond acceptors (Lipinski definition) is 2. The minimum atomic E-state index is -0.260. The molecule has 0 heterocycles. The van der Waals surface area contributed by atoms with E-state index in [0.717, 1.165) is 18.4 Å². The highest BCUT2D eigenvalue weighted by atomic mass is 16.5. The first kappa shape index (κ1) is 22.2. The van der Waals surface area contributed by atoms with Crippen molar-refractivity contribution < 1.29 is 9.53 Å².